The topological polar surface area (TPSA) is 66.8 Å². The minimum Gasteiger partial charge on any atom is -0.508 e. The average molecular weight is 265 g/mol. The number of phenolic OH excluding ortho intramolecular Hbond substituents is 1. The lowest BCUT2D eigenvalue weighted by Crippen LogP contribution is -1.97. The Kier molecular flexibility index (Phi) is 3.39. The summed E-state index contributed by atoms with van der Waals surface area (Å²) in [4.78, 5) is 10.8. The largest absolute Gasteiger partial charge is 0.508 e. The van der Waals surface area contributed by atoms with Gasteiger partial charge in [0.25, 0.3) is 0 Å². The molecule has 92 valence electrons. The first kappa shape index (κ1) is 12.3. The van der Waals surface area contributed by atoms with Crippen LogP contribution in [0, 0.1) is 0 Å². The molecule has 5 heteroatoms. The van der Waals surface area contributed by atoms with Gasteiger partial charge in [0, 0.05) is 6.07 Å². The molecule has 2 aromatic rings. The molecular formula is C13H9ClO4. The van der Waals surface area contributed by atoms with E-state index in [1.165, 1.54) is 30.3 Å². The van der Waals surface area contributed by atoms with Crippen LogP contribution < -0.4 is 4.74 Å². The van der Waals surface area contributed by atoms with E-state index in [-0.39, 0.29) is 16.3 Å². The summed E-state index contributed by atoms with van der Waals surface area (Å²) in [6, 6.07) is 10.5. The molecule has 2 aromatic carbocycles. The Labute approximate surface area is 108 Å². The molecule has 0 spiro atoms. The molecule has 0 aromatic heterocycles. The van der Waals surface area contributed by atoms with Gasteiger partial charge >= 0.3 is 5.97 Å². The number of ether oxygens (including phenoxy) is 1. The lowest BCUT2D eigenvalue weighted by atomic mass is 10.2. The van der Waals surface area contributed by atoms with E-state index in [9.17, 15) is 4.79 Å². The standard InChI is InChI=1S/C13H9ClO4/c14-12-7-10(5-6-11(12)13(16)17)18-9-3-1-8(15)2-4-9/h1-7,15H,(H,16,17). The van der Waals surface area contributed by atoms with Crippen molar-refractivity contribution in [2.75, 3.05) is 0 Å². The van der Waals surface area contributed by atoms with Gasteiger partial charge in [0.2, 0.25) is 0 Å². The third-order valence-electron chi connectivity index (χ3n) is 2.24. The van der Waals surface area contributed by atoms with Crippen LogP contribution >= 0.6 is 11.6 Å². The zero-order valence-corrected chi connectivity index (χ0v) is 9.89. The molecule has 0 fully saturated rings. The summed E-state index contributed by atoms with van der Waals surface area (Å²) in [6.07, 6.45) is 0. The van der Waals surface area contributed by atoms with Gasteiger partial charge in [-0.3, -0.25) is 0 Å². The van der Waals surface area contributed by atoms with Gasteiger partial charge in [-0.15, -0.1) is 0 Å². The molecule has 18 heavy (non-hydrogen) atoms. The molecule has 0 saturated heterocycles. The number of aromatic hydroxyl groups is 1. The van der Waals surface area contributed by atoms with Crippen molar-refractivity contribution in [2.24, 2.45) is 0 Å². The van der Waals surface area contributed by atoms with Gasteiger partial charge in [0.05, 0.1) is 10.6 Å². The van der Waals surface area contributed by atoms with E-state index in [1.54, 1.807) is 12.1 Å². The Morgan fingerprint density at radius 2 is 1.67 bits per heavy atom. The smallest absolute Gasteiger partial charge is 0.337 e. The van der Waals surface area contributed by atoms with Crippen LogP contribution in [0.3, 0.4) is 0 Å². The molecule has 0 amide bonds. The summed E-state index contributed by atoms with van der Waals surface area (Å²) in [5, 5.41) is 18.1. The Balaban J connectivity index is 2.22. The number of aromatic carboxylic acids is 1. The second kappa shape index (κ2) is 4.98. The molecule has 0 heterocycles. The highest BCUT2D eigenvalue weighted by atomic mass is 35.5. The molecule has 0 aliphatic rings. The van der Waals surface area contributed by atoms with Crippen molar-refractivity contribution >= 4 is 17.6 Å². The van der Waals surface area contributed by atoms with Crippen LogP contribution in [0.25, 0.3) is 0 Å². The fraction of sp³-hybridized carbons (Fsp3) is 0. The van der Waals surface area contributed by atoms with Gasteiger partial charge in [-0.1, -0.05) is 11.6 Å². The minimum atomic E-state index is -1.09. The third-order valence-corrected chi connectivity index (χ3v) is 2.56. The fourth-order valence-corrected chi connectivity index (χ4v) is 1.63. The summed E-state index contributed by atoms with van der Waals surface area (Å²) in [5.74, 6) is 0.000391. The first-order valence-corrected chi connectivity index (χ1v) is 5.44. The molecular weight excluding hydrogens is 256 g/mol. The van der Waals surface area contributed by atoms with Crippen molar-refractivity contribution in [2.45, 2.75) is 0 Å². The fourth-order valence-electron chi connectivity index (χ4n) is 1.38. The van der Waals surface area contributed by atoms with Gasteiger partial charge in [-0.25, -0.2) is 4.79 Å². The second-order valence-corrected chi connectivity index (χ2v) is 3.95. The number of hydrogen-bond donors (Lipinski definition) is 2. The predicted octanol–water partition coefficient (Wildman–Crippen LogP) is 3.54. The molecule has 0 bridgehead atoms. The first-order chi connectivity index (χ1) is 8.56. The molecule has 0 saturated carbocycles. The number of carboxylic acids is 1. The summed E-state index contributed by atoms with van der Waals surface area (Å²) < 4.78 is 5.46. The quantitative estimate of drug-likeness (QED) is 0.890. The third kappa shape index (κ3) is 2.73. The summed E-state index contributed by atoms with van der Waals surface area (Å²) >= 11 is 5.82. The Morgan fingerprint density at radius 3 is 2.22 bits per heavy atom. The molecule has 2 rings (SSSR count). The van der Waals surface area contributed by atoms with Crippen molar-refractivity contribution in [1.82, 2.24) is 0 Å². The van der Waals surface area contributed by atoms with Crippen molar-refractivity contribution in [1.29, 1.82) is 0 Å². The zero-order valence-electron chi connectivity index (χ0n) is 9.13. The van der Waals surface area contributed by atoms with Gasteiger partial charge in [-0.2, -0.15) is 0 Å². The van der Waals surface area contributed by atoms with E-state index in [1.807, 2.05) is 0 Å². The molecule has 0 unspecified atom stereocenters. The van der Waals surface area contributed by atoms with E-state index >= 15 is 0 Å². The van der Waals surface area contributed by atoms with E-state index in [4.69, 9.17) is 26.6 Å². The first-order valence-electron chi connectivity index (χ1n) is 5.06. The summed E-state index contributed by atoms with van der Waals surface area (Å²) in [7, 11) is 0. The molecule has 2 N–H and O–H groups in total. The van der Waals surface area contributed by atoms with E-state index in [0.717, 1.165) is 0 Å². The predicted molar refractivity (Wildman–Crippen MR) is 66.6 cm³/mol. The Bertz CT molecular complexity index is 578. The monoisotopic (exact) mass is 264 g/mol. The van der Waals surface area contributed by atoms with Crippen molar-refractivity contribution in [3.05, 3.63) is 53.1 Å². The molecule has 0 atom stereocenters. The molecule has 4 nitrogen and oxygen atoms in total. The second-order valence-electron chi connectivity index (χ2n) is 3.54. The van der Waals surface area contributed by atoms with Crippen LogP contribution in [0.4, 0.5) is 0 Å². The number of rotatable bonds is 3. The maximum atomic E-state index is 10.8. The van der Waals surface area contributed by atoms with Crippen LogP contribution in [0.2, 0.25) is 5.02 Å². The number of halogens is 1. The van der Waals surface area contributed by atoms with Gasteiger partial charge < -0.3 is 14.9 Å². The number of carboxylic acid groups (broad SMARTS) is 1. The van der Waals surface area contributed by atoms with Crippen LogP contribution in [-0.2, 0) is 0 Å². The van der Waals surface area contributed by atoms with Gasteiger partial charge in [0.15, 0.2) is 0 Å². The van der Waals surface area contributed by atoms with Crippen molar-refractivity contribution in [3.63, 3.8) is 0 Å². The number of hydrogen-bond acceptors (Lipinski definition) is 3. The average Bonchev–Trinajstić information content (AvgIpc) is 2.32. The van der Waals surface area contributed by atoms with Crippen LogP contribution in [0.1, 0.15) is 10.4 Å². The number of phenols is 1. The normalized spacial score (nSPS) is 10.1. The Morgan fingerprint density at radius 1 is 1.06 bits per heavy atom. The minimum absolute atomic E-state index is 0.0229. The van der Waals surface area contributed by atoms with Gasteiger partial charge in [-0.05, 0) is 36.4 Å². The summed E-state index contributed by atoms with van der Waals surface area (Å²) in [5.41, 5.74) is 0.0229. The lowest BCUT2D eigenvalue weighted by Gasteiger charge is -2.07. The Hall–Kier alpha value is -2.20. The van der Waals surface area contributed by atoms with Crippen molar-refractivity contribution in [3.8, 4) is 17.2 Å². The maximum Gasteiger partial charge on any atom is 0.337 e. The van der Waals surface area contributed by atoms with Crippen LogP contribution in [-0.4, -0.2) is 16.2 Å². The molecule has 0 aliphatic heterocycles. The van der Waals surface area contributed by atoms with Crippen LogP contribution in [0.5, 0.6) is 17.2 Å². The zero-order chi connectivity index (χ0) is 13.1. The molecule has 0 aliphatic carbocycles. The SMILES string of the molecule is O=C(O)c1ccc(Oc2ccc(O)cc2)cc1Cl. The molecule has 0 radical (unpaired) electrons. The van der Waals surface area contributed by atoms with E-state index in [0.29, 0.717) is 11.5 Å². The van der Waals surface area contributed by atoms with Crippen molar-refractivity contribution < 1.29 is 19.7 Å². The number of benzene rings is 2. The maximum absolute atomic E-state index is 10.8. The highest BCUT2D eigenvalue weighted by Gasteiger charge is 2.09. The lowest BCUT2D eigenvalue weighted by molar-refractivity contribution is 0.0697. The van der Waals surface area contributed by atoms with E-state index < -0.39 is 5.97 Å². The van der Waals surface area contributed by atoms with E-state index in [2.05, 4.69) is 0 Å². The highest BCUT2D eigenvalue weighted by Crippen LogP contribution is 2.27. The summed E-state index contributed by atoms with van der Waals surface area (Å²) in [6.45, 7) is 0. The van der Waals surface area contributed by atoms with Crippen LogP contribution in [0.15, 0.2) is 42.5 Å². The highest BCUT2D eigenvalue weighted by molar-refractivity contribution is 6.33. The number of carbonyl (C=O) groups is 1. The van der Waals surface area contributed by atoms with Gasteiger partial charge in [0.1, 0.15) is 17.2 Å².